The summed E-state index contributed by atoms with van der Waals surface area (Å²) < 4.78 is 11.7. The molecule has 1 N–H and O–H groups in total. The number of benzene rings is 2. The average Bonchev–Trinajstić information content (AvgIpc) is 2.59. The molecule has 0 spiro atoms. The van der Waals surface area contributed by atoms with E-state index in [0.717, 1.165) is 30.6 Å². The molecule has 0 unspecified atom stereocenters. The molecule has 2 rings (SSSR count). The Kier molecular flexibility index (Phi) is 10.5. The maximum absolute atomic E-state index is 6.47. The van der Waals surface area contributed by atoms with Crippen LogP contribution in [0.2, 0.25) is 5.02 Å². The molecule has 0 aliphatic rings. The number of hydrogen-bond acceptors (Lipinski definition) is 3. The molecule has 5 heteroatoms. The lowest BCUT2D eigenvalue weighted by atomic mass is 10.1. The minimum atomic E-state index is 0. The van der Waals surface area contributed by atoms with Gasteiger partial charge in [-0.1, -0.05) is 55.8 Å². The molecule has 0 saturated heterocycles. The number of halogens is 2. The summed E-state index contributed by atoms with van der Waals surface area (Å²) >= 11 is 6.47. The molecule has 2 aromatic rings. The summed E-state index contributed by atoms with van der Waals surface area (Å²) in [5.74, 6) is 2.01. The molecular formula is C21H29Cl2NO2. The minimum Gasteiger partial charge on any atom is -0.490 e. The molecule has 0 amide bonds. The van der Waals surface area contributed by atoms with Crippen molar-refractivity contribution in [3.8, 4) is 11.5 Å². The molecule has 0 heterocycles. The van der Waals surface area contributed by atoms with Gasteiger partial charge in [0.15, 0.2) is 11.5 Å². The van der Waals surface area contributed by atoms with Gasteiger partial charge in [0.1, 0.15) is 6.61 Å². The Balaban J connectivity index is 0.00000338. The van der Waals surface area contributed by atoms with Crippen molar-refractivity contribution in [3.05, 3.63) is 58.6 Å². The number of nitrogens with one attached hydrogen (secondary N) is 1. The first-order valence-electron chi connectivity index (χ1n) is 8.92. The zero-order chi connectivity index (χ0) is 18.1. The Hall–Kier alpha value is -1.42. The van der Waals surface area contributed by atoms with Crippen LogP contribution in [-0.2, 0) is 13.2 Å². The summed E-state index contributed by atoms with van der Waals surface area (Å²) in [5, 5.41) is 4.04. The predicted molar refractivity (Wildman–Crippen MR) is 112 cm³/mol. The second-order valence-electron chi connectivity index (χ2n) is 6.47. The van der Waals surface area contributed by atoms with Crippen molar-refractivity contribution >= 4 is 24.0 Å². The molecule has 144 valence electrons. The number of ether oxygens (including phenoxy) is 2. The molecule has 0 saturated carbocycles. The first-order chi connectivity index (χ1) is 12.1. The summed E-state index contributed by atoms with van der Waals surface area (Å²) in [6.45, 7) is 9.21. The molecule has 0 radical (unpaired) electrons. The lowest BCUT2D eigenvalue weighted by Crippen LogP contribution is -2.16. The van der Waals surface area contributed by atoms with E-state index in [1.807, 2.05) is 49.4 Å². The lowest BCUT2D eigenvalue weighted by molar-refractivity contribution is 0.269. The first-order valence-corrected chi connectivity index (χ1v) is 9.30. The normalized spacial score (nSPS) is 10.5. The summed E-state index contributed by atoms with van der Waals surface area (Å²) in [4.78, 5) is 0. The highest BCUT2D eigenvalue weighted by atomic mass is 35.5. The van der Waals surface area contributed by atoms with Gasteiger partial charge in [0.25, 0.3) is 0 Å². The predicted octanol–water partition coefficient (Wildman–Crippen LogP) is 5.88. The van der Waals surface area contributed by atoms with E-state index in [-0.39, 0.29) is 12.4 Å². The molecule has 0 fully saturated rings. The van der Waals surface area contributed by atoms with E-state index in [0.29, 0.717) is 35.7 Å². The van der Waals surface area contributed by atoms with Crippen molar-refractivity contribution in [1.82, 2.24) is 5.32 Å². The Morgan fingerprint density at radius 1 is 1.04 bits per heavy atom. The van der Waals surface area contributed by atoms with Gasteiger partial charge in [-0.25, -0.2) is 0 Å². The van der Waals surface area contributed by atoms with Crippen LogP contribution in [0.5, 0.6) is 11.5 Å². The van der Waals surface area contributed by atoms with Crippen molar-refractivity contribution in [2.45, 2.75) is 40.3 Å². The summed E-state index contributed by atoms with van der Waals surface area (Å²) in [7, 11) is 0. The minimum absolute atomic E-state index is 0. The smallest absolute Gasteiger partial charge is 0.180 e. The maximum Gasteiger partial charge on any atom is 0.180 e. The van der Waals surface area contributed by atoms with Crippen LogP contribution in [0.1, 0.15) is 38.3 Å². The van der Waals surface area contributed by atoms with Crippen LogP contribution in [0.4, 0.5) is 0 Å². The first kappa shape index (κ1) is 22.6. The average molecular weight is 398 g/mol. The van der Waals surface area contributed by atoms with Gasteiger partial charge in [0.05, 0.1) is 11.6 Å². The molecule has 0 aromatic heterocycles. The van der Waals surface area contributed by atoms with Crippen molar-refractivity contribution in [2.75, 3.05) is 13.2 Å². The molecular weight excluding hydrogens is 369 g/mol. The topological polar surface area (TPSA) is 30.5 Å². The third-order valence-corrected chi connectivity index (χ3v) is 4.10. The largest absolute Gasteiger partial charge is 0.490 e. The van der Waals surface area contributed by atoms with Crippen molar-refractivity contribution in [1.29, 1.82) is 0 Å². The van der Waals surface area contributed by atoms with E-state index in [2.05, 4.69) is 19.2 Å². The highest BCUT2D eigenvalue weighted by molar-refractivity contribution is 6.32. The number of hydrogen-bond donors (Lipinski definition) is 1. The van der Waals surface area contributed by atoms with Crippen LogP contribution in [0.25, 0.3) is 0 Å². The monoisotopic (exact) mass is 397 g/mol. The van der Waals surface area contributed by atoms with Gasteiger partial charge in [0.2, 0.25) is 0 Å². The van der Waals surface area contributed by atoms with E-state index >= 15 is 0 Å². The fourth-order valence-corrected chi connectivity index (χ4v) is 2.77. The van der Waals surface area contributed by atoms with Crippen LogP contribution >= 0.6 is 24.0 Å². The van der Waals surface area contributed by atoms with Crippen molar-refractivity contribution < 1.29 is 9.47 Å². The van der Waals surface area contributed by atoms with Crippen molar-refractivity contribution in [2.24, 2.45) is 5.92 Å². The van der Waals surface area contributed by atoms with Crippen LogP contribution in [0, 0.1) is 5.92 Å². The van der Waals surface area contributed by atoms with Crippen LogP contribution in [0.3, 0.4) is 0 Å². The standard InChI is InChI=1S/C21H28ClNO2.ClH/c1-4-24-20-13-18(14-23-11-10-16(2)3)12-19(22)21(20)25-15-17-8-6-5-7-9-17;/h5-9,12-13,16,23H,4,10-11,14-15H2,1-3H3;1H. The summed E-state index contributed by atoms with van der Waals surface area (Å²) in [6, 6.07) is 14.0. The second-order valence-corrected chi connectivity index (χ2v) is 6.88. The van der Waals surface area contributed by atoms with Gasteiger partial charge in [-0.05, 0) is 49.1 Å². The molecule has 0 aliphatic heterocycles. The number of rotatable bonds is 10. The maximum atomic E-state index is 6.47. The Morgan fingerprint density at radius 2 is 1.77 bits per heavy atom. The van der Waals surface area contributed by atoms with E-state index in [1.54, 1.807) is 0 Å². The Labute approximate surface area is 168 Å². The highest BCUT2D eigenvalue weighted by Crippen LogP contribution is 2.37. The molecule has 0 aliphatic carbocycles. The molecule has 0 atom stereocenters. The van der Waals surface area contributed by atoms with E-state index in [1.165, 1.54) is 0 Å². The van der Waals surface area contributed by atoms with Gasteiger partial charge >= 0.3 is 0 Å². The zero-order valence-corrected chi connectivity index (χ0v) is 17.3. The quantitative estimate of drug-likeness (QED) is 0.508. The van der Waals surface area contributed by atoms with Gasteiger partial charge in [0, 0.05) is 6.54 Å². The molecule has 2 aromatic carbocycles. The van der Waals surface area contributed by atoms with E-state index in [9.17, 15) is 0 Å². The zero-order valence-electron chi connectivity index (χ0n) is 15.8. The lowest BCUT2D eigenvalue weighted by Gasteiger charge is -2.16. The fourth-order valence-electron chi connectivity index (χ4n) is 2.48. The second kappa shape index (κ2) is 12.1. The highest BCUT2D eigenvalue weighted by Gasteiger charge is 2.13. The van der Waals surface area contributed by atoms with Crippen LogP contribution < -0.4 is 14.8 Å². The van der Waals surface area contributed by atoms with Gasteiger partial charge < -0.3 is 14.8 Å². The Bertz CT molecular complexity index is 648. The van der Waals surface area contributed by atoms with Crippen LogP contribution in [0.15, 0.2) is 42.5 Å². The van der Waals surface area contributed by atoms with Gasteiger partial charge in [-0.15, -0.1) is 12.4 Å². The summed E-state index contributed by atoms with van der Waals surface area (Å²) in [5.41, 5.74) is 2.20. The summed E-state index contributed by atoms with van der Waals surface area (Å²) in [6.07, 6.45) is 1.16. The SMILES string of the molecule is CCOc1cc(CNCCC(C)C)cc(Cl)c1OCc1ccccc1.Cl. The fraction of sp³-hybridized carbons (Fsp3) is 0.429. The van der Waals surface area contributed by atoms with Crippen molar-refractivity contribution in [3.63, 3.8) is 0 Å². The van der Waals surface area contributed by atoms with E-state index in [4.69, 9.17) is 21.1 Å². The third kappa shape index (κ3) is 7.45. The molecule has 0 bridgehead atoms. The van der Waals surface area contributed by atoms with E-state index < -0.39 is 0 Å². The van der Waals surface area contributed by atoms with Gasteiger partial charge in [-0.2, -0.15) is 0 Å². The molecule has 3 nitrogen and oxygen atoms in total. The van der Waals surface area contributed by atoms with Gasteiger partial charge in [-0.3, -0.25) is 0 Å². The van der Waals surface area contributed by atoms with Crippen LogP contribution in [-0.4, -0.2) is 13.2 Å². The third-order valence-electron chi connectivity index (χ3n) is 3.82. The Morgan fingerprint density at radius 3 is 2.42 bits per heavy atom. The molecule has 26 heavy (non-hydrogen) atoms.